The maximum atomic E-state index is 14.0. The van der Waals surface area contributed by atoms with Crippen molar-refractivity contribution in [1.29, 1.82) is 0 Å². The number of hydrogen-bond acceptors (Lipinski definition) is 2. The minimum absolute atomic E-state index is 0.102. The molecule has 0 aliphatic heterocycles. The molecular weight excluding hydrogens is 263 g/mol. The summed E-state index contributed by atoms with van der Waals surface area (Å²) in [5.41, 5.74) is 2.05. The van der Waals surface area contributed by atoms with E-state index in [2.05, 4.69) is 18.1 Å². The first-order valence-corrected chi connectivity index (χ1v) is 6.50. The van der Waals surface area contributed by atoms with E-state index in [4.69, 9.17) is 11.6 Å². The predicted molar refractivity (Wildman–Crippen MR) is 77.4 cm³/mol. The minimum atomic E-state index is -0.521. The fourth-order valence-electron chi connectivity index (χ4n) is 1.95. The minimum Gasteiger partial charge on any atom is -0.314 e. The molecule has 1 aliphatic carbocycles. The monoisotopic (exact) mass is 278 g/mol. The Bertz CT molecular complexity index is 532. The number of halogens is 2. The van der Waals surface area contributed by atoms with Gasteiger partial charge >= 0.3 is 0 Å². The molecule has 0 saturated heterocycles. The van der Waals surface area contributed by atoms with E-state index in [-0.39, 0.29) is 5.03 Å². The molecule has 1 aliphatic rings. The van der Waals surface area contributed by atoms with Gasteiger partial charge in [-0.15, -0.1) is 0 Å². The predicted octanol–water partition coefficient (Wildman–Crippen LogP) is 4.77. The second kappa shape index (κ2) is 5.57. The number of allylic oxidation sites excluding steroid dienone is 4. The third-order valence-electron chi connectivity index (χ3n) is 3.13. The molecular formula is C15H16ClFN2. The van der Waals surface area contributed by atoms with Gasteiger partial charge in [0, 0.05) is 11.9 Å². The molecule has 0 radical (unpaired) electrons. The van der Waals surface area contributed by atoms with E-state index in [0.29, 0.717) is 11.6 Å². The van der Waals surface area contributed by atoms with Gasteiger partial charge in [0.25, 0.3) is 0 Å². The molecule has 0 amide bonds. The van der Waals surface area contributed by atoms with Gasteiger partial charge in [-0.05, 0) is 37.8 Å². The molecule has 0 N–H and O–H groups in total. The summed E-state index contributed by atoms with van der Waals surface area (Å²) in [7, 11) is 0. The summed E-state index contributed by atoms with van der Waals surface area (Å²) in [5, 5.41) is -0.102. The Morgan fingerprint density at radius 3 is 2.63 bits per heavy atom. The summed E-state index contributed by atoms with van der Waals surface area (Å²) in [6.07, 6.45) is 5.54. The number of anilines is 1. The standard InChI is InChI=1S/C15H16ClFN2/c1-10(16)15(17)12(3)19(11(2)13-6-7-13)14-5-4-8-18-9-14/h4-5,8-9,13H,1-2,6-7H2,3H3/b15-12-. The first-order valence-electron chi connectivity index (χ1n) is 6.12. The highest BCUT2D eigenvalue weighted by Gasteiger charge is 2.30. The lowest BCUT2D eigenvalue weighted by atomic mass is 10.2. The Morgan fingerprint density at radius 2 is 2.16 bits per heavy atom. The van der Waals surface area contributed by atoms with Crippen LogP contribution in [0, 0.1) is 5.92 Å². The topological polar surface area (TPSA) is 16.1 Å². The van der Waals surface area contributed by atoms with Gasteiger partial charge < -0.3 is 4.90 Å². The van der Waals surface area contributed by atoms with Crippen molar-refractivity contribution in [2.75, 3.05) is 4.90 Å². The summed E-state index contributed by atoms with van der Waals surface area (Å²) in [6.45, 7) is 9.18. The lowest BCUT2D eigenvalue weighted by molar-refractivity contribution is 0.643. The summed E-state index contributed by atoms with van der Waals surface area (Å²) in [4.78, 5) is 5.84. The van der Waals surface area contributed by atoms with Gasteiger partial charge in [-0.25, -0.2) is 4.39 Å². The molecule has 0 atom stereocenters. The van der Waals surface area contributed by atoms with Gasteiger partial charge in [0.1, 0.15) is 0 Å². The lowest BCUT2D eigenvalue weighted by Crippen LogP contribution is -2.22. The maximum absolute atomic E-state index is 14.0. The van der Waals surface area contributed by atoms with Crippen molar-refractivity contribution < 1.29 is 4.39 Å². The second-order valence-electron chi connectivity index (χ2n) is 4.62. The van der Waals surface area contributed by atoms with Gasteiger partial charge in [-0.3, -0.25) is 4.98 Å². The van der Waals surface area contributed by atoms with Crippen LogP contribution in [0.2, 0.25) is 0 Å². The highest BCUT2D eigenvalue weighted by atomic mass is 35.5. The van der Waals surface area contributed by atoms with Gasteiger partial charge in [-0.2, -0.15) is 0 Å². The molecule has 1 aromatic rings. The number of pyridine rings is 1. The smallest absolute Gasteiger partial charge is 0.160 e. The van der Waals surface area contributed by atoms with Crippen LogP contribution in [0.5, 0.6) is 0 Å². The SMILES string of the molecule is C=C(Cl)/C(F)=C(\C)N(C(=C)C1CC1)c1cccnc1. The van der Waals surface area contributed by atoms with Crippen molar-refractivity contribution in [2.45, 2.75) is 19.8 Å². The van der Waals surface area contributed by atoms with E-state index < -0.39 is 5.83 Å². The molecule has 0 spiro atoms. The van der Waals surface area contributed by atoms with Gasteiger partial charge in [0.15, 0.2) is 5.83 Å². The second-order valence-corrected chi connectivity index (χ2v) is 5.07. The van der Waals surface area contributed by atoms with Crippen LogP contribution in [0.3, 0.4) is 0 Å². The lowest BCUT2D eigenvalue weighted by Gasteiger charge is -2.27. The van der Waals surface area contributed by atoms with Crippen molar-refractivity contribution in [2.24, 2.45) is 5.92 Å². The summed E-state index contributed by atoms with van der Waals surface area (Å²) in [6, 6.07) is 3.68. The van der Waals surface area contributed by atoms with Crippen molar-refractivity contribution in [3.8, 4) is 0 Å². The Labute approximate surface area is 117 Å². The Hall–Kier alpha value is -1.61. The fraction of sp³-hybridized carbons (Fsp3) is 0.267. The number of aromatic nitrogens is 1. The van der Waals surface area contributed by atoms with Crippen LogP contribution in [0.4, 0.5) is 10.1 Å². The summed E-state index contributed by atoms with van der Waals surface area (Å²) >= 11 is 5.66. The first kappa shape index (κ1) is 13.8. The number of rotatable bonds is 5. The summed E-state index contributed by atoms with van der Waals surface area (Å²) < 4.78 is 14.0. The third kappa shape index (κ3) is 3.04. The first-order chi connectivity index (χ1) is 9.02. The van der Waals surface area contributed by atoms with Crippen LogP contribution < -0.4 is 4.90 Å². The molecule has 4 heteroatoms. The maximum Gasteiger partial charge on any atom is 0.160 e. The molecule has 0 unspecified atom stereocenters. The zero-order chi connectivity index (χ0) is 14.0. The highest BCUT2D eigenvalue weighted by Crippen LogP contribution is 2.41. The summed E-state index contributed by atoms with van der Waals surface area (Å²) in [5.74, 6) is -0.112. The van der Waals surface area contributed by atoms with Crippen LogP contribution in [0.15, 0.2) is 59.9 Å². The van der Waals surface area contributed by atoms with Gasteiger partial charge in [0.2, 0.25) is 0 Å². The van der Waals surface area contributed by atoms with Crippen molar-refractivity contribution in [1.82, 2.24) is 4.98 Å². The van der Waals surface area contributed by atoms with E-state index in [1.54, 1.807) is 24.2 Å². The molecule has 1 heterocycles. The molecule has 0 bridgehead atoms. The Morgan fingerprint density at radius 1 is 1.47 bits per heavy atom. The van der Waals surface area contributed by atoms with Crippen LogP contribution in [-0.2, 0) is 0 Å². The Balaban J connectivity index is 2.43. The number of nitrogens with zero attached hydrogens (tertiary/aromatic N) is 2. The molecule has 1 fully saturated rings. The van der Waals surface area contributed by atoms with E-state index in [1.165, 1.54) is 0 Å². The molecule has 2 nitrogen and oxygen atoms in total. The quantitative estimate of drug-likeness (QED) is 0.722. The molecule has 2 rings (SSSR count). The van der Waals surface area contributed by atoms with Crippen LogP contribution in [0.25, 0.3) is 0 Å². The van der Waals surface area contributed by atoms with Crippen LogP contribution in [-0.4, -0.2) is 4.98 Å². The van der Waals surface area contributed by atoms with Crippen molar-refractivity contribution in [3.05, 3.63) is 59.9 Å². The van der Waals surface area contributed by atoms with Gasteiger partial charge in [-0.1, -0.05) is 24.8 Å². The zero-order valence-corrected chi connectivity index (χ0v) is 11.6. The molecule has 1 aromatic heterocycles. The van der Waals surface area contributed by atoms with E-state index >= 15 is 0 Å². The largest absolute Gasteiger partial charge is 0.314 e. The third-order valence-corrected chi connectivity index (χ3v) is 3.30. The van der Waals surface area contributed by atoms with E-state index in [1.807, 2.05) is 12.1 Å². The molecule has 19 heavy (non-hydrogen) atoms. The van der Waals surface area contributed by atoms with Gasteiger partial charge in [0.05, 0.1) is 22.6 Å². The van der Waals surface area contributed by atoms with Crippen LogP contribution in [0.1, 0.15) is 19.8 Å². The fourth-order valence-corrected chi connectivity index (χ4v) is 2.09. The van der Waals surface area contributed by atoms with Crippen molar-refractivity contribution in [3.63, 3.8) is 0 Å². The number of hydrogen-bond donors (Lipinski definition) is 0. The molecule has 0 aromatic carbocycles. The average molecular weight is 279 g/mol. The zero-order valence-electron chi connectivity index (χ0n) is 10.9. The average Bonchev–Trinajstić information content (AvgIpc) is 3.23. The highest BCUT2D eigenvalue weighted by molar-refractivity contribution is 6.31. The normalized spacial score (nSPS) is 15.7. The van der Waals surface area contributed by atoms with E-state index in [0.717, 1.165) is 24.2 Å². The molecule has 1 saturated carbocycles. The Kier molecular flexibility index (Phi) is 4.05. The molecule has 100 valence electrons. The van der Waals surface area contributed by atoms with E-state index in [9.17, 15) is 4.39 Å². The van der Waals surface area contributed by atoms with Crippen molar-refractivity contribution >= 4 is 17.3 Å². The van der Waals surface area contributed by atoms with Crippen LogP contribution >= 0.6 is 11.6 Å².